The monoisotopic (exact) mass is 438 g/mol. The van der Waals surface area contributed by atoms with E-state index in [4.69, 9.17) is 16.3 Å². The summed E-state index contributed by atoms with van der Waals surface area (Å²) in [5, 5.41) is 3.14. The highest BCUT2D eigenvalue weighted by molar-refractivity contribution is 7.89. The first-order valence-electron chi connectivity index (χ1n) is 9.44. The number of carbonyl (C=O) groups is 1. The van der Waals surface area contributed by atoms with Crippen LogP contribution < -0.4 is 10.0 Å². The minimum Gasteiger partial charge on any atom is -0.377 e. The molecule has 29 heavy (non-hydrogen) atoms. The van der Waals surface area contributed by atoms with E-state index in [9.17, 15) is 13.2 Å². The highest BCUT2D eigenvalue weighted by Crippen LogP contribution is 2.17. The van der Waals surface area contributed by atoms with Crippen molar-refractivity contribution < 1.29 is 17.9 Å². The van der Waals surface area contributed by atoms with Crippen LogP contribution in [0.5, 0.6) is 0 Å². The predicted octanol–water partition coefficient (Wildman–Crippen LogP) is 3.50. The lowest BCUT2D eigenvalue weighted by molar-refractivity contribution is -0.123. The molecule has 0 aromatic heterocycles. The fourth-order valence-electron chi connectivity index (χ4n) is 2.74. The van der Waals surface area contributed by atoms with E-state index in [1.165, 1.54) is 12.1 Å². The van der Waals surface area contributed by atoms with Gasteiger partial charge in [0.05, 0.1) is 11.5 Å². The molecule has 1 amide bonds. The molecule has 0 saturated carbocycles. The van der Waals surface area contributed by atoms with Gasteiger partial charge in [0.2, 0.25) is 15.9 Å². The predicted molar refractivity (Wildman–Crippen MR) is 114 cm³/mol. The maximum Gasteiger partial charge on any atom is 0.241 e. The van der Waals surface area contributed by atoms with Gasteiger partial charge in [0, 0.05) is 18.2 Å². The Balaban J connectivity index is 2.11. The van der Waals surface area contributed by atoms with Crippen LogP contribution in [0.4, 0.5) is 0 Å². The van der Waals surface area contributed by atoms with E-state index in [-0.39, 0.29) is 17.4 Å². The molecule has 2 N–H and O–H groups in total. The molecule has 0 aliphatic carbocycles. The summed E-state index contributed by atoms with van der Waals surface area (Å²) in [6, 6.07) is 12.7. The Hall–Kier alpha value is -1.93. The Labute approximate surface area is 177 Å². The number of rotatable bonds is 10. The molecule has 0 saturated heterocycles. The van der Waals surface area contributed by atoms with Crippen molar-refractivity contribution in [3.8, 4) is 0 Å². The molecule has 158 valence electrons. The summed E-state index contributed by atoms with van der Waals surface area (Å²) in [5.41, 5.74) is 1.91. The van der Waals surface area contributed by atoms with Gasteiger partial charge in [-0.25, -0.2) is 8.42 Å². The van der Waals surface area contributed by atoms with E-state index < -0.39 is 22.0 Å². The average Bonchev–Trinajstić information content (AvgIpc) is 2.69. The van der Waals surface area contributed by atoms with Crippen LogP contribution in [0.15, 0.2) is 53.4 Å². The summed E-state index contributed by atoms with van der Waals surface area (Å²) in [7, 11) is -3.89. The van der Waals surface area contributed by atoms with Crippen LogP contribution in [-0.2, 0) is 32.7 Å². The van der Waals surface area contributed by atoms with Gasteiger partial charge in [-0.3, -0.25) is 4.79 Å². The number of hydrogen-bond acceptors (Lipinski definition) is 4. The number of sulfonamides is 1. The first kappa shape index (κ1) is 23.3. The zero-order valence-corrected chi connectivity index (χ0v) is 18.4. The highest BCUT2D eigenvalue weighted by atomic mass is 35.5. The summed E-state index contributed by atoms with van der Waals surface area (Å²) in [4.78, 5) is 12.8. The van der Waals surface area contributed by atoms with Crippen LogP contribution in [-0.4, -0.2) is 27.0 Å². The largest absolute Gasteiger partial charge is 0.377 e. The second kappa shape index (κ2) is 10.7. The maximum atomic E-state index is 12.8. The van der Waals surface area contributed by atoms with Crippen LogP contribution in [0.3, 0.4) is 0 Å². The Kier molecular flexibility index (Phi) is 8.64. The topological polar surface area (TPSA) is 84.5 Å². The summed E-state index contributed by atoms with van der Waals surface area (Å²) >= 11 is 5.90. The van der Waals surface area contributed by atoms with Crippen LogP contribution >= 0.6 is 11.6 Å². The van der Waals surface area contributed by atoms with Crippen molar-refractivity contribution in [2.45, 2.75) is 44.9 Å². The van der Waals surface area contributed by atoms with Crippen molar-refractivity contribution in [2.75, 3.05) is 6.61 Å². The lowest BCUT2D eigenvalue weighted by Crippen LogP contribution is -2.49. The second-order valence-electron chi connectivity index (χ2n) is 6.92. The zero-order valence-electron chi connectivity index (χ0n) is 16.8. The molecule has 0 bridgehead atoms. The quantitative estimate of drug-likeness (QED) is 0.594. The fraction of sp³-hybridized carbons (Fsp3) is 0.381. The van der Waals surface area contributed by atoms with Gasteiger partial charge in [-0.2, -0.15) is 4.72 Å². The maximum absolute atomic E-state index is 12.8. The smallest absolute Gasteiger partial charge is 0.241 e. The number of ether oxygens (including phenoxy) is 1. The van der Waals surface area contributed by atoms with Crippen molar-refractivity contribution in [3.05, 3.63) is 64.7 Å². The van der Waals surface area contributed by atoms with E-state index in [2.05, 4.69) is 10.0 Å². The minimum atomic E-state index is -3.89. The Morgan fingerprint density at radius 3 is 2.41 bits per heavy atom. The Bertz CT molecular complexity index is 932. The molecule has 0 fully saturated rings. The summed E-state index contributed by atoms with van der Waals surface area (Å²) in [6.45, 7) is 6.83. The number of nitrogens with one attached hydrogen (secondary N) is 2. The normalized spacial score (nSPS) is 12.7. The van der Waals surface area contributed by atoms with Gasteiger partial charge in [-0.1, -0.05) is 55.8 Å². The standard InChI is InChI=1S/C21H27ClN2O4S/c1-4-28-14-17-9-6-5-8-16(17)13-23-21(25)20(15(2)3)24-29(26,27)19-11-7-10-18(22)12-19/h5-12,15,20,24H,4,13-14H2,1-3H3,(H,23,25). The van der Waals surface area contributed by atoms with Crippen LogP contribution in [0.25, 0.3) is 0 Å². The van der Waals surface area contributed by atoms with Gasteiger partial charge in [0.15, 0.2) is 0 Å². The van der Waals surface area contributed by atoms with Gasteiger partial charge < -0.3 is 10.1 Å². The third-order valence-corrected chi connectivity index (χ3v) is 6.04. The Morgan fingerprint density at radius 1 is 1.10 bits per heavy atom. The molecule has 2 aromatic carbocycles. The van der Waals surface area contributed by atoms with E-state index in [0.717, 1.165) is 11.1 Å². The molecule has 2 rings (SSSR count). The molecule has 0 heterocycles. The van der Waals surface area contributed by atoms with Gasteiger partial charge in [0.1, 0.15) is 6.04 Å². The molecular weight excluding hydrogens is 412 g/mol. The van der Waals surface area contributed by atoms with E-state index in [0.29, 0.717) is 18.2 Å². The molecule has 0 aliphatic heterocycles. The van der Waals surface area contributed by atoms with Crippen molar-refractivity contribution in [1.29, 1.82) is 0 Å². The molecule has 6 nitrogen and oxygen atoms in total. The van der Waals surface area contributed by atoms with Crippen molar-refractivity contribution in [1.82, 2.24) is 10.0 Å². The molecule has 8 heteroatoms. The highest BCUT2D eigenvalue weighted by Gasteiger charge is 2.28. The lowest BCUT2D eigenvalue weighted by atomic mass is 10.0. The lowest BCUT2D eigenvalue weighted by Gasteiger charge is -2.22. The van der Waals surface area contributed by atoms with Gasteiger partial charge >= 0.3 is 0 Å². The molecule has 1 atom stereocenters. The number of benzene rings is 2. The van der Waals surface area contributed by atoms with Gasteiger partial charge in [-0.05, 0) is 42.2 Å². The van der Waals surface area contributed by atoms with Crippen LogP contribution in [0.1, 0.15) is 31.9 Å². The molecule has 2 aromatic rings. The fourth-order valence-corrected chi connectivity index (χ4v) is 4.38. The third-order valence-electron chi connectivity index (χ3n) is 4.37. The van der Waals surface area contributed by atoms with Gasteiger partial charge in [-0.15, -0.1) is 0 Å². The van der Waals surface area contributed by atoms with Crippen LogP contribution in [0.2, 0.25) is 5.02 Å². The van der Waals surface area contributed by atoms with Gasteiger partial charge in [0.25, 0.3) is 0 Å². The first-order chi connectivity index (χ1) is 13.7. The summed E-state index contributed by atoms with van der Waals surface area (Å²) in [6.07, 6.45) is 0. The van der Waals surface area contributed by atoms with E-state index in [1.807, 2.05) is 31.2 Å². The zero-order chi connectivity index (χ0) is 21.4. The molecule has 0 spiro atoms. The molecular formula is C21H27ClN2O4S. The average molecular weight is 439 g/mol. The molecule has 1 unspecified atom stereocenters. The summed E-state index contributed by atoms with van der Waals surface area (Å²) in [5.74, 6) is -0.639. The van der Waals surface area contributed by atoms with E-state index >= 15 is 0 Å². The summed E-state index contributed by atoms with van der Waals surface area (Å²) < 4.78 is 33.3. The van der Waals surface area contributed by atoms with Crippen molar-refractivity contribution in [2.24, 2.45) is 5.92 Å². The second-order valence-corrected chi connectivity index (χ2v) is 9.07. The molecule has 0 radical (unpaired) electrons. The van der Waals surface area contributed by atoms with Crippen LogP contribution in [0, 0.1) is 5.92 Å². The minimum absolute atomic E-state index is 0.0190. The number of carbonyl (C=O) groups excluding carboxylic acids is 1. The number of halogens is 1. The number of amides is 1. The molecule has 0 aliphatic rings. The number of hydrogen-bond donors (Lipinski definition) is 2. The Morgan fingerprint density at radius 2 is 1.79 bits per heavy atom. The third kappa shape index (κ3) is 6.82. The van der Waals surface area contributed by atoms with E-state index in [1.54, 1.807) is 26.0 Å². The SMILES string of the molecule is CCOCc1ccccc1CNC(=O)C(NS(=O)(=O)c1cccc(Cl)c1)C(C)C. The van der Waals surface area contributed by atoms with Crippen molar-refractivity contribution >= 4 is 27.5 Å². The first-order valence-corrected chi connectivity index (χ1v) is 11.3. The van der Waals surface area contributed by atoms with Crippen molar-refractivity contribution in [3.63, 3.8) is 0 Å².